The molecule has 184 valence electrons. The number of anilines is 4. The summed E-state index contributed by atoms with van der Waals surface area (Å²) in [6.07, 6.45) is 19.9. The molecular weight excluding hydrogens is 420 g/mol. The highest BCUT2D eigenvalue weighted by molar-refractivity contribution is 5.77. The van der Waals surface area contributed by atoms with Crippen LogP contribution in [0.2, 0.25) is 0 Å². The number of nitrogens with one attached hydrogen (secondary N) is 2. The number of rotatable bonds is 18. The molecule has 0 amide bonds. The van der Waals surface area contributed by atoms with Crippen LogP contribution in [0.5, 0.6) is 0 Å². The van der Waals surface area contributed by atoms with E-state index in [-0.39, 0.29) is 5.69 Å². The molecule has 0 saturated heterocycles. The third-order valence-corrected chi connectivity index (χ3v) is 5.89. The number of hydrogen-bond acceptors (Lipinski definition) is 5. The van der Waals surface area contributed by atoms with Gasteiger partial charge in [-0.25, -0.2) is 18.7 Å². The van der Waals surface area contributed by atoms with Gasteiger partial charge in [-0.15, -0.1) is 0 Å². The molecule has 0 saturated carbocycles. The topological polar surface area (TPSA) is 75.9 Å². The van der Waals surface area contributed by atoms with Crippen LogP contribution in [0.25, 0.3) is 0 Å². The van der Waals surface area contributed by atoms with Crippen molar-refractivity contribution in [1.82, 2.24) is 9.97 Å². The highest BCUT2D eigenvalue weighted by Crippen LogP contribution is 2.27. The Bertz CT molecular complexity index is 800. The van der Waals surface area contributed by atoms with Gasteiger partial charge in [-0.05, 0) is 18.6 Å². The molecule has 2 aromatic rings. The summed E-state index contributed by atoms with van der Waals surface area (Å²) in [5.74, 6) is -0.530. The minimum absolute atomic E-state index is 0.111. The Balaban J connectivity index is 1.54. The van der Waals surface area contributed by atoms with Gasteiger partial charge in [-0.2, -0.15) is 0 Å². The van der Waals surface area contributed by atoms with E-state index >= 15 is 0 Å². The summed E-state index contributed by atoms with van der Waals surface area (Å²) in [5.41, 5.74) is 6.55. The van der Waals surface area contributed by atoms with Crippen LogP contribution in [0.15, 0.2) is 24.5 Å². The van der Waals surface area contributed by atoms with Gasteiger partial charge in [-0.3, -0.25) is 0 Å². The van der Waals surface area contributed by atoms with Gasteiger partial charge in [0.15, 0.2) is 11.6 Å². The average Bonchev–Trinajstić information content (AvgIpc) is 2.80. The smallest absolute Gasteiger partial charge is 0.159 e. The highest BCUT2D eigenvalue weighted by Gasteiger charge is 2.11. The van der Waals surface area contributed by atoms with Gasteiger partial charge >= 0.3 is 0 Å². The quantitative estimate of drug-likeness (QED) is 0.196. The van der Waals surface area contributed by atoms with E-state index in [1.54, 1.807) is 0 Å². The van der Waals surface area contributed by atoms with E-state index < -0.39 is 11.6 Å². The lowest BCUT2D eigenvalue weighted by molar-refractivity contribution is 0.537. The largest absolute Gasteiger partial charge is 0.393 e. The normalized spacial score (nSPS) is 11.0. The molecular formula is C26H41F2N5. The van der Waals surface area contributed by atoms with Crippen molar-refractivity contribution in [2.45, 2.75) is 96.8 Å². The fourth-order valence-corrected chi connectivity index (χ4v) is 3.88. The van der Waals surface area contributed by atoms with E-state index in [0.717, 1.165) is 19.0 Å². The Morgan fingerprint density at radius 2 is 1.30 bits per heavy atom. The van der Waals surface area contributed by atoms with E-state index in [1.807, 2.05) is 0 Å². The molecule has 0 aliphatic carbocycles. The molecule has 4 N–H and O–H groups in total. The second-order valence-electron chi connectivity index (χ2n) is 8.76. The van der Waals surface area contributed by atoms with E-state index in [1.165, 1.54) is 102 Å². The molecule has 1 aromatic carbocycles. The van der Waals surface area contributed by atoms with Crippen LogP contribution >= 0.6 is 0 Å². The molecule has 5 nitrogen and oxygen atoms in total. The molecule has 0 unspecified atom stereocenters. The molecule has 0 radical (unpaired) electrons. The lowest BCUT2D eigenvalue weighted by atomic mass is 10.0. The standard InChI is InChI=1S/C26H41F2N5/c1-2-3-4-5-6-7-8-9-10-11-12-13-14-15-18-30-25-24(29)26(32-20-31-25)33-23-17-16-21(27)19-22(23)28/h16-17,19-20H,2-15,18,29H2,1H3,(H2,30,31,32,33). The maximum absolute atomic E-state index is 13.9. The first-order valence-electron chi connectivity index (χ1n) is 12.7. The summed E-state index contributed by atoms with van der Waals surface area (Å²) in [6.45, 7) is 3.03. The number of nitrogens with two attached hydrogens (primary N) is 1. The molecule has 0 fully saturated rings. The van der Waals surface area contributed by atoms with E-state index in [9.17, 15) is 8.78 Å². The Morgan fingerprint density at radius 3 is 1.88 bits per heavy atom. The van der Waals surface area contributed by atoms with Crippen molar-refractivity contribution in [1.29, 1.82) is 0 Å². The van der Waals surface area contributed by atoms with Crippen molar-refractivity contribution < 1.29 is 8.78 Å². The summed E-state index contributed by atoms with van der Waals surface area (Å²) < 4.78 is 27.0. The Hall–Kier alpha value is -2.44. The molecule has 33 heavy (non-hydrogen) atoms. The number of nitrogen functional groups attached to an aromatic ring is 1. The third-order valence-electron chi connectivity index (χ3n) is 5.89. The minimum atomic E-state index is -0.704. The fourth-order valence-electron chi connectivity index (χ4n) is 3.88. The van der Waals surface area contributed by atoms with Crippen LogP contribution in [0.3, 0.4) is 0 Å². The van der Waals surface area contributed by atoms with Crippen LogP contribution in [0, 0.1) is 11.6 Å². The summed E-state index contributed by atoms with van der Waals surface area (Å²) in [7, 11) is 0. The maximum atomic E-state index is 13.9. The molecule has 0 aliphatic rings. The molecule has 0 bridgehead atoms. The lowest BCUT2D eigenvalue weighted by Gasteiger charge is -2.13. The minimum Gasteiger partial charge on any atom is -0.393 e. The zero-order chi connectivity index (χ0) is 23.7. The Kier molecular flexibility index (Phi) is 13.2. The molecule has 1 heterocycles. The van der Waals surface area contributed by atoms with Gasteiger partial charge < -0.3 is 16.4 Å². The molecule has 7 heteroatoms. The number of hydrogen-bond donors (Lipinski definition) is 3. The van der Waals surface area contributed by atoms with Gasteiger partial charge in [-0.1, -0.05) is 90.4 Å². The fraction of sp³-hybridized carbons (Fsp3) is 0.615. The maximum Gasteiger partial charge on any atom is 0.159 e. The molecule has 0 spiro atoms. The van der Waals surface area contributed by atoms with Crippen LogP contribution < -0.4 is 16.4 Å². The number of nitrogens with zero attached hydrogens (tertiary/aromatic N) is 2. The monoisotopic (exact) mass is 461 g/mol. The summed E-state index contributed by atoms with van der Waals surface area (Å²) in [6, 6.07) is 3.31. The van der Waals surface area contributed by atoms with Gasteiger partial charge in [0.2, 0.25) is 0 Å². The highest BCUT2D eigenvalue weighted by atomic mass is 19.1. The Morgan fingerprint density at radius 1 is 0.758 bits per heavy atom. The number of unbranched alkanes of at least 4 members (excludes halogenated alkanes) is 13. The van der Waals surface area contributed by atoms with Gasteiger partial charge in [0.05, 0.1) is 5.69 Å². The number of halogens is 2. The van der Waals surface area contributed by atoms with Crippen LogP contribution in [0.4, 0.5) is 31.8 Å². The first kappa shape index (κ1) is 26.8. The zero-order valence-electron chi connectivity index (χ0n) is 20.1. The van der Waals surface area contributed by atoms with Gasteiger partial charge in [0, 0.05) is 12.6 Å². The van der Waals surface area contributed by atoms with Crippen LogP contribution in [0.1, 0.15) is 96.8 Å². The zero-order valence-corrected chi connectivity index (χ0v) is 20.1. The Labute approximate surface area is 198 Å². The van der Waals surface area contributed by atoms with Crippen molar-refractivity contribution in [2.24, 2.45) is 0 Å². The molecule has 2 rings (SSSR count). The van der Waals surface area contributed by atoms with E-state index in [4.69, 9.17) is 5.73 Å². The summed E-state index contributed by atoms with van der Waals surface area (Å²) in [4.78, 5) is 8.25. The van der Waals surface area contributed by atoms with Crippen molar-refractivity contribution in [3.05, 3.63) is 36.2 Å². The second-order valence-corrected chi connectivity index (χ2v) is 8.76. The lowest BCUT2D eigenvalue weighted by Crippen LogP contribution is -2.09. The number of benzene rings is 1. The first-order chi connectivity index (χ1) is 16.1. The van der Waals surface area contributed by atoms with Crippen LogP contribution in [-0.4, -0.2) is 16.5 Å². The van der Waals surface area contributed by atoms with Crippen LogP contribution in [-0.2, 0) is 0 Å². The van der Waals surface area contributed by atoms with Crippen molar-refractivity contribution in [3.63, 3.8) is 0 Å². The summed E-state index contributed by atoms with van der Waals surface area (Å²) in [5, 5.41) is 6.04. The molecule has 1 aromatic heterocycles. The third kappa shape index (κ3) is 10.8. The van der Waals surface area contributed by atoms with E-state index in [2.05, 4.69) is 27.5 Å². The second kappa shape index (κ2) is 16.2. The predicted molar refractivity (Wildman–Crippen MR) is 135 cm³/mol. The predicted octanol–water partition coefficient (Wildman–Crippen LogP) is 7.97. The van der Waals surface area contributed by atoms with E-state index in [0.29, 0.717) is 17.3 Å². The number of aromatic nitrogens is 2. The van der Waals surface area contributed by atoms with Gasteiger partial charge in [0.1, 0.15) is 23.6 Å². The summed E-state index contributed by atoms with van der Waals surface area (Å²) >= 11 is 0. The van der Waals surface area contributed by atoms with Crippen molar-refractivity contribution >= 4 is 23.0 Å². The molecule has 0 aliphatic heterocycles. The molecule has 0 atom stereocenters. The average molecular weight is 462 g/mol. The SMILES string of the molecule is CCCCCCCCCCCCCCCCNc1ncnc(Nc2ccc(F)cc2F)c1N. The van der Waals surface area contributed by atoms with Crippen molar-refractivity contribution in [3.8, 4) is 0 Å². The van der Waals surface area contributed by atoms with Gasteiger partial charge in [0.25, 0.3) is 0 Å². The van der Waals surface area contributed by atoms with Crippen molar-refractivity contribution in [2.75, 3.05) is 22.9 Å². The first-order valence-corrected chi connectivity index (χ1v) is 12.7.